The Bertz CT molecular complexity index is 622. The number of halogens is 1. The fraction of sp³-hybridized carbons (Fsp3) is 0.357. The number of hydrogen-bond acceptors (Lipinski definition) is 5. The van der Waals surface area contributed by atoms with Crippen molar-refractivity contribution in [3.8, 4) is 0 Å². The Morgan fingerprint density at radius 3 is 2.67 bits per heavy atom. The topological polar surface area (TPSA) is 58.1 Å². The first kappa shape index (κ1) is 14.4. The predicted molar refractivity (Wildman–Crippen MR) is 83.8 cm³/mol. The first-order chi connectivity index (χ1) is 10.2. The molecule has 0 bridgehead atoms. The summed E-state index contributed by atoms with van der Waals surface area (Å²) in [7, 11) is 0. The third-order valence-electron chi connectivity index (χ3n) is 3.32. The molecular formula is C14H15ClN4OS. The average Bonchev–Trinajstić information content (AvgIpc) is 3.13. The van der Waals surface area contributed by atoms with Gasteiger partial charge >= 0.3 is 0 Å². The van der Waals surface area contributed by atoms with E-state index in [4.69, 9.17) is 11.6 Å². The molecule has 1 N–H and O–H groups in total. The van der Waals surface area contributed by atoms with Gasteiger partial charge in [0.05, 0.1) is 6.54 Å². The highest BCUT2D eigenvalue weighted by atomic mass is 35.5. The van der Waals surface area contributed by atoms with Crippen molar-refractivity contribution in [2.75, 3.05) is 18.4 Å². The second-order valence-corrected chi connectivity index (χ2v) is 6.44. The highest BCUT2D eigenvalue weighted by Crippen LogP contribution is 2.18. The lowest BCUT2D eigenvalue weighted by atomic mass is 10.3. The molecule has 0 saturated carbocycles. The number of anilines is 1. The van der Waals surface area contributed by atoms with Crippen LogP contribution in [-0.4, -0.2) is 34.1 Å². The van der Waals surface area contributed by atoms with Crippen molar-refractivity contribution in [1.29, 1.82) is 0 Å². The minimum Gasteiger partial charge on any atom is -0.320 e. The minimum atomic E-state index is -0.234. The van der Waals surface area contributed by atoms with E-state index >= 15 is 0 Å². The zero-order chi connectivity index (χ0) is 14.7. The summed E-state index contributed by atoms with van der Waals surface area (Å²) in [6.45, 7) is 2.99. The largest absolute Gasteiger partial charge is 0.320 e. The van der Waals surface area contributed by atoms with Crippen LogP contribution in [0.5, 0.6) is 0 Å². The number of rotatable bonds is 4. The van der Waals surface area contributed by atoms with Crippen molar-refractivity contribution in [3.05, 3.63) is 39.3 Å². The van der Waals surface area contributed by atoms with Gasteiger partial charge in [0.1, 0.15) is 5.01 Å². The maximum Gasteiger partial charge on any atom is 0.286 e. The van der Waals surface area contributed by atoms with Crippen LogP contribution in [0.3, 0.4) is 0 Å². The molecule has 1 aliphatic heterocycles. The molecule has 0 radical (unpaired) electrons. The molecule has 0 atom stereocenters. The molecule has 1 aromatic heterocycles. The molecule has 1 aliphatic rings. The Kier molecular flexibility index (Phi) is 4.48. The summed E-state index contributed by atoms with van der Waals surface area (Å²) in [5.41, 5.74) is 0.695. The van der Waals surface area contributed by atoms with Crippen molar-refractivity contribution >= 4 is 34.5 Å². The van der Waals surface area contributed by atoms with E-state index in [-0.39, 0.29) is 5.91 Å². The molecule has 0 unspecified atom stereocenters. The normalized spacial score (nSPS) is 15.3. The summed E-state index contributed by atoms with van der Waals surface area (Å²) in [6, 6.07) is 6.98. The third-order valence-corrected chi connectivity index (χ3v) is 4.48. The molecular weight excluding hydrogens is 308 g/mol. The maximum absolute atomic E-state index is 12.1. The molecule has 0 spiro atoms. The number of hydrogen-bond donors (Lipinski definition) is 1. The Labute approximate surface area is 131 Å². The van der Waals surface area contributed by atoms with Crippen molar-refractivity contribution in [3.63, 3.8) is 0 Å². The van der Waals surface area contributed by atoms with Crippen LogP contribution in [0.1, 0.15) is 27.7 Å². The molecule has 1 saturated heterocycles. The number of likely N-dealkylation sites (tertiary alicyclic amines) is 1. The predicted octanol–water partition coefficient (Wildman–Crippen LogP) is 3.04. The quantitative estimate of drug-likeness (QED) is 0.940. The number of amides is 1. The van der Waals surface area contributed by atoms with E-state index in [9.17, 15) is 4.79 Å². The fourth-order valence-corrected chi connectivity index (χ4v) is 3.16. The van der Waals surface area contributed by atoms with E-state index in [0.717, 1.165) is 24.6 Å². The van der Waals surface area contributed by atoms with Crippen molar-refractivity contribution < 1.29 is 4.79 Å². The molecule has 1 fully saturated rings. The van der Waals surface area contributed by atoms with Crippen LogP contribution in [0.2, 0.25) is 5.02 Å². The average molecular weight is 323 g/mol. The van der Waals surface area contributed by atoms with Crippen LogP contribution in [0.25, 0.3) is 0 Å². The summed E-state index contributed by atoms with van der Waals surface area (Å²) in [6.07, 6.45) is 2.48. The van der Waals surface area contributed by atoms with Gasteiger partial charge in [-0.15, -0.1) is 10.2 Å². The first-order valence-corrected chi connectivity index (χ1v) is 8.02. The molecule has 2 heterocycles. The van der Waals surface area contributed by atoms with Crippen LogP contribution >= 0.6 is 22.9 Å². The van der Waals surface area contributed by atoms with E-state index < -0.39 is 0 Å². The van der Waals surface area contributed by atoms with Gasteiger partial charge in [-0.1, -0.05) is 22.9 Å². The van der Waals surface area contributed by atoms with Gasteiger partial charge in [0.25, 0.3) is 5.91 Å². The van der Waals surface area contributed by atoms with Gasteiger partial charge in [-0.3, -0.25) is 9.69 Å². The maximum atomic E-state index is 12.1. The van der Waals surface area contributed by atoms with Crippen molar-refractivity contribution in [2.24, 2.45) is 0 Å². The van der Waals surface area contributed by atoms with Gasteiger partial charge in [-0.05, 0) is 50.2 Å². The molecule has 5 nitrogen and oxygen atoms in total. The van der Waals surface area contributed by atoms with Crippen molar-refractivity contribution in [2.45, 2.75) is 19.4 Å². The van der Waals surface area contributed by atoms with Crippen LogP contribution in [-0.2, 0) is 6.54 Å². The molecule has 0 aliphatic carbocycles. The van der Waals surface area contributed by atoms with Gasteiger partial charge in [-0.25, -0.2) is 0 Å². The number of carbonyl (C=O) groups excluding carboxylic acids is 1. The second-order valence-electron chi connectivity index (χ2n) is 4.95. The Hall–Kier alpha value is -1.50. The molecule has 2 aromatic rings. The lowest BCUT2D eigenvalue weighted by Gasteiger charge is -2.10. The number of nitrogens with zero attached hydrogens (tertiary/aromatic N) is 3. The Morgan fingerprint density at radius 1 is 1.24 bits per heavy atom. The summed E-state index contributed by atoms with van der Waals surface area (Å²) in [4.78, 5) is 14.4. The van der Waals surface area contributed by atoms with Crippen molar-refractivity contribution in [1.82, 2.24) is 15.1 Å². The summed E-state index contributed by atoms with van der Waals surface area (Å²) in [5.74, 6) is -0.234. The van der Waals surface area contributed by atoms with Crippen LogP contribution in [0.15, 0.2) is 24.3 Å². The van der Waals surface area contributed by atoms with E-state index in [1.54, 1.807) is 24.3 Å². The van der Waals surface area contributed by atoms with Crippen LogP contribution in [0, 0.1) is 0 Å². The SMILES string of the molecule is O=C(Nc1ccc(Cl)cc1)c1nnc(CN2CCCC2)s1. The minimum absolute atomic E-state index is 0.234. The molecule has 110 valence electrons. The monoisotopic (exact) mass is 322 g/mol. The van der Waals surface area contributed by atoms with E-state index in [2.05, 4.69) is 20.4 Å². The van der Waals surface area contributed by atoms with E-state index in [0.29, 0.717) is 15.7 Å². The number of carbonyl (C=O) groups is 1. The summed E-state index contributed by atoms with van der Waals surface area (Å²) in [5, 5.41) is 12.8. The number of aromatic nitrogens is 2. The Balaban J connectivity index is 1.62. The fourth-order valence-electron chi connectivity index (χ4n) is 2.26. The van der Waals surface area contributed by atoms with Crippen LogP contribution < -0.4 is 5.32 Å². The van der Waals surface area contributed by atoms with Gasteiger partial charge in [0.2, 0.25) is 5.01 Å². The van der Waals surface area contributed by atoms with E-state index in [1.807, 2.05) is 0 Å². The lowest BCUT2D eigenvalue weighted by molar-refractivity contribution is 0.102. The molecule has 1 amide bonds. The van der Waals surface area contributed by atoms with Gasteiger partial charge in [-0.2, -0.15) is 0 Å². The number of benzene rings is 1. The lowest BCUT2D eigenvalue weighted by Crippen LogP contribution is -2.18. The Morgan fingerprint density at radius 2 is 1.95 bits per heavy atom. The third kappa shape index (κ3) is 3.78. The molecule has 1 aromatic carbocycles. The van der Waals surface area contributed by atoms with Gasteiger partial charge < -0.3 is 5.32 Å². The smallest absolute Gasteiger partial charge is 0.286 e. The number of nitrogens with one attached hydrogen (secondary N) is 1. The first-order valence-electron chi connectivity index (χ1n) is 6.82. The standard InChI is InChI=1S/C14H15ClN4OS/c15-10-3-5-11(6-4-10)16-13(20)14-18-17-12(21-14)9-19-7-1-2-8-19/h3-6H,1-2,7-9H2,(H,16,20). The molecule has 21 heavy (non-hydrogen) atoms. The van der Waals surface area contributed by atoms with E-state index in [1.165, 1.54) is 24.2 Å². The van der Waals surface area contributed by atoms with Gasteiger partial charge in [0.15, 0.2) is 0 Å². The summed E-state index contributed by atoms with van der Waals surface area (Å²) < 4.78 is 0. The van der Waals surface area contributed by atoms with Gasteiger partial charge in [0, 0.05) is 10.7 Å². The molecule has 3 rings (SSSR count). The highest BCUT2D eigenvalue weighted by Gasteiger charge is 2.17. The molecule has 7 heteroatoms. The zero-order valence-corrected chi connectivity index (χ0v) is 13.0. The highest BCUT2D eigenvalue weighted by molar-refractivity contribution is 7.13. The zero-order valence-electron chi connectivity index (χ0n) is 11.4. The van der Waals surface area contributed by atoms with Crippen LogP contribution in [0.4, 0.5) is 5.69 Å². The second kappa shape index (κ2) is 6.51. The summed E-state index contributed by atoms with van der Waals surface area (Å²) >= 11 is 7.16.